The molecule has 0 spiro atoms. The number of rotatable bonds is 8. The number of benzene rings is 3. The highest BCUT2D eigenvalue weighted by molar-refractivity contribution is 5.92. The molecule has 10 heteroatoms. The van der Waals surface area contributed by atoms with E-state index in [1.54, 1.807) is 24.3 Å². The van der Waals surface area contributed by atoms with Crippen molar-refractivity contribution in [3.63, 3.8) is 0 Å². The monoisotopic (exact) mass is 435 g/mol. The van der Waals surface area contributed by atoms with Gasteiger partial charge in [0.25, 0.3) is 5.69 Å². The lowest BCUT2D eigenvalue weighted by molar-refractivity contribution is -0.384. The molecule has 3 rings (SSSR count). The molecular weight excluding hydrogens is 418 g/mol. The Morgan fingerprint density at radius 3 is 2.44 bits per heavy atom. The Balaban J connectivity index is 1.69. The number of nitrogens with one attached hydrogen (secondary N) is 1. The lowest BCUT2D eigenvalue weighted by atomic mass is 10.2. The third-order valence-corrected chi connectivity index (χ3v) is 4.22. The number of carbonyl (C=O) groups is 2. The Morgan fingerprint density at radius 1 is 1.03 bits per heavy atom. The van der Waals surface area contributed by atoms with Crippen LogP contribution in [0.2, 0.25) is 0 Å². The molecule has 0 unspecified atom stereocenters. The summed E-state index contributed by atoms with van der Waals surface area (Å²) in [6, 6.07) is 16.0. The van der Waals surface area contributed by atoms with E-state index < -0.39 is 16.9 Å². The van der Waals surface area contributed by atoms with Crippen LogP contribution >= 0.6 is 0 Å². The first-order valence-electron chi connectivity index (χ1n) is 9.14. The van der Waals surface area contributed by atoms with Gasteiger partial charge in [-0.15, -0.1) is 0 Å². The SMILES string of the molecule is COc1cc(/C=N/Nc2ccc(C(=O)O)cc2)ccc1OC(=O)c1cccc([N+](=O)[O-])c1. The molecule has 0 radical (unpaired) electrons. The van der Waals surface area contributed by atoms with Crippen molar-refractivity contribution in [1.29, 1.82) is 0 Å². The molecule has 0 atom stereocenters. The maximum Gasteiger partial charge on any atom is 0.343 e. The van der Waals surface area contributed by atoms with Crippen LogP contribution in [-0.2, 0) is 0 Å². The normalized spacial score (nSPS) is 10.5. The summed E-state index contributed by atoms with van der Waals surface area (Å²) in [6.45, 7) is 0. The molecule has 0 fully saturated rings. The number of esters is 1. The van der Waals surface area contributed by atoms with Gasteiger partial charge in [0.1, 0.15) is 0 Å². The van der Waals surface area contributed by atoms with Gasteiger partial charge in [-0.25, -0.2) is 9.59 Å². The Morgan fingerprint density at radius 2 is 1.78 bits per heavy atom. The zero-order valence-electron chi connectivity index (χ0n) is 16.7. The van der Waals surface area contributed by atoms with Gasteiger partial charge in [0.2, 0.25) is 0 Å². The van der Waals surface area contributed by atoms with E-state index in [1.165, 1.54) is 49.7 Å². The van der Waals surface area contributed by atoms with E-state index >= 15 is 0 Å². The summed E-state index contributed by atoms with van der Waals surface area (Å²) in [6.07, 6.45) is 1.50. The fraction of sp³-hybridized carbons (Fsp3) is 0.0455. The summed E-state index contributed by atoms with van der Waals surface area (Å²) in [4.78, 5) is 33.5. The van der Waals surface area contributed by atoms with Gasteiger partial charge in [-0.05, 0) is 54.1 Å². The number of ether oxygens (including phenoxy) is 2. The Kier molecular flexibility index (Phi) is 6.76. The van der Waals surface area contributed by atoms with Crippen molar-refractivity contribution >= 4 is 29.5 Å². The van der Waals surface area contributed by atoms with E-state index in [0.717, 1.165) is 6.07 Å². The Bertz CT molecular complexity index is 1190. The number of hydrogen-bond donors (Lipinski definition) is 2. The molecule has 32 heavy (non-hydrogen) atoms. The molecule has 0 saturated carbocycles. The highest BCUT2D eigenvalue weighted by atomic mass is 16.6. The highest BCUT2D eigenvalue weighted by Crippen LogP contribution is 2.28. The highest BCUT2D eigenvalue weighted by Gasteiger charge is 2.16. The summed E-state index contributed by atoms with van der Waals surface area (Å²) < 4.78 is 10.6. The van der Waals surface area contributed by atoms with Gasteiger partial charge >= 0.3 is 11.9 Å². The van der Waals surface area contributed by atoms with Crippen molar-refractivity contribution < 1.29 is 29.1 Å². The van der Waals surface area contributed by atoms with Crippen molar-refractivity contribution in [1.82, 2.24) is 0 Å². The van der Waals surface area contributed by atoms with Crippen LogP contribution in [0, 0.1) is 10.1 Å². The van der Waals surface area contributed by atoms with Crippen LogP contribution in [0.25, 0.3) is 0 Å². The van der Waals surface area contributed by atoms with E-state index in [9.17, 15) is 19.7 Å². The summed E-state index contributed by atoms with van der Waals surface area (Å²) in [5.74, 6) is -1.38. The van der Waals surface area contributed by atoms with Crippen molar-refractivity contribution in [3.8, 4) is 11.5 Å². The second-order valence-electron chi connectivity index (χ2n) is 6.36. The smallest absolute Gasteiger partial charge is 0.343 e. The van der Waals surface area contributed by atoms with Crippen molar-refractivity contribution in [2.24, 2.45) is 5.10 Å². The Hall–Kier alpha value is -4.73. The molecule has 162 valence electrons. The zero-order valence-corrected chi connectivity index (χ0v) is 16.7. The van der Waals surface area contributed by atoms with Crippen LogP contribution in [-0.4, -0.2) is 35.3 Å². The van der Waals surface area contributed by atoms with Gasteiger partial charge in [0.15, 0.2) is 11.5 Å². The van der Waals surface area contributed by atoms with Gasteiger partial charge < -0.3 is 14.6 Å². The standard InChI is InChI=1S/C22H17N3O7/c1-31-20-11-14(13-23-24-17-8-6-15(7-9-17)21(26)27)5-10-19(20)32-22(28)16-3-2-4-18(12-16)25(29)30/h2-13,24H,1H3,(H,26,27)/b23-13+. The third kappa shape index (κ3) is 5.45. The topological polar surface area (TPSA) is 140 Å². The lowest BCUT2D eigenvalue weighted by Gasteiger charge is -2.10. The van der Waals surface area contributed by atoms with E-state index in [1.807, 2.05) is 0 Å². The second-order valence-corrected chi connectivity index (χ2v) is 6.36. The van der Waals surface area contributed by atoms with E-state index in [0.29, 0.717) is 11.3 Å². The Labute approximate surface area is 181 Å². The van der Waals surface area contributed by atoms with Crippen LogP contribution in [0.3, 0.4) is 0 Å². The van der Waals surface area contributed by atoms with Crippen LogP contribution in [0.1, 0.15) is 26.3 Å². The van der Waals surface area contributed by atoms with E-state index in [2.05, 4.69) is 10.5 Å². The molecule has 0 heterocycles. The van der Waals surface area contributed by atoms with Crippen molar-refractivity contribution in [2.75, 3.05) is 12.5 Å². The van der Waals surface area contributed by atoms with E-state index in [-0.39, 0.29) is 28.3 Å². The summed E-state index contributed by atoms with van der Waals surface area (Å²) in [7, 11) is 1.41. The quantitative estimate of drug-likeness (QED) is 0.178. The molecule has 0 aliphatic rings. The van der Waals surface area contributed by atoms with Crippen molar-refractivity contribution in [2.45, 2.75) is 0 Å². The summed E-state index contributed by atoms with van der Waals surface area (Å²) in [5.41, 5.74) is 3.98. The maximum absolute atomic E-state index is 12.4. The minimum absolute atomic E-state index is 0.0324. The molecular formula is C22H17N3O7. The predicted octanol–water partition coefficient (Wildman–Crippen LogP) is 3.97. The van der Waals surface area contributed by atoms with Crippen molar-refractivity contribution in [3.05, 3.63) is 93.5 Å². The molecule has 0 aliphatic heterocycles. The number of carboxylic acids is 1. The number of methoxy groups -OCH3 is 1. The average Bonchev–Trinajstić information content (AvgIpc) is 2.80. The summed E-state index contributed by atoms with van der Waals surface area (Å²) in [5, 5.41) is 23.9. The first-order valence-corrected chi connectivity index (χ1v) is 9.14. The zero-order chi connectivity index (χ0) is 23.1. The number of hydrogen-bond acceptors (Lipinski definition) is 8. The van der Waals surface area contributed by atoms with Gasteiger partial charge in [-0.2, -0.15) is 5.10 Å². The lowest BCUT2D eigenvalue weighted by Crippen LogP contribution is -2.09. The molecule has 0 amide bonds. The number of hydrazone groups is 1. The molecule has 0 saturated heterocycles. The van der Waals surface area contributed by atoms with Gasteiger partial charge in [-0.1, -0.05) is 6.07 Å². The van der Waals surface area contributed by atoms with Gasteiger partial charge in [0, 0.05) is 12.1 Å². The van der Waals surface area contributed by atoms with Gasteiger partial charge in [0.05, 0.1) is 35.1 Å². The van der Waals surface area contributed by atoms with E-state index in [4.69, 9.17) is 14.6 Å². The van der Waals surface area contributed by atoms with Crippen LogP contribution in [0.15, 0.2) is 71.8 Å². The number of non-ortho nitro benzene ring substituents is 1. The number of anilines is 1. The number of nitro benzene ring substituents is 1. The molecule has 3 aromatic rings. The first kappa shape index (κ1) is 22.0. The number of carboxylic acid groups (broad SMARTS) is 1. The second kappa shape index (κ2) is 9.85. The third-order valence-electron chi connectivity index (χ3n) is 4.22. The molecule has 0 aliphatic carbocycles. The largest absolute Gasteiger partial charge is 0.493 e. The molecule has 0 bridgehead atoms. The maximum atomic E-state index is 12.4. The van der Waals surface area contributed by atoms with Crippen LogP contribution < -0.4 is 14.9 Å². The number of nitrogens with zero attached hydrogens (tertiary/aromatic N) is 2. The van der Waals surface area contributed by atoms with Crippen LogP contribution in [0.5, 0.6) is 11.5 Å². The fourth-order valence-electron chi connectivity index (χ4n) is 2.62. The van der Waals surface area contributed by atoms with Crippen LogP contribution in [0.4, 0.5) is 11.4 Å². The number of aromatic carboxylic acids is 1. The average molecular weight is 435 g/mol. The molecule has 0 aromatic heterocycles. The van der Waals surface area contributed by atoms with Gasteiger partial charge in [-0.3, -0.25) is 15.5 Å². The molecule has 10 nitrogen and oxygen atoms in total. The predicted molar refractivity (Wildman–Crippen MR) is 116 cm³/mol. The fourth-order valence-corrected chi connectivity index (χ4v) is 2.62. The molecule has 3 aromatic carbocycles. The molecule has 2 N–H and O–H groups in total. The number of nitro groups is 1. The minimum atomic E-state index is -1.02. The first-order chi connectivity index (χ1) is 15.4. The minimum Gasteiger partial charge on any atom is -0.493 e. The number of carbonyl (C=O) groups excluding carboxylic acids is 1. The summed E-state index contributed by atoms with van der Waals surface area (Å²) >= 11 is 0.